The largest absolute Gasteiger partial charge is 0.373 e. The maximum Gasteiger partial charge on any atom is 0.0394 e. The van der Waals surface area contributed by atoms with Gasteiger partial charge in [0, 0.05) is 25.3 Å². The molecular formula is C15H24N2. The van der Waals surface area contributed by atoms with Crippen molar-refractivity contribution in [3.63, 3.8) is 0 Å². The van der Waals surface area contributed by atoms with Crippen LogP contribution in [-0.4, -0.2) is 26.2 Å². The summed E-state index contributed by atoms with van der Waals surface area (Å²) in [6.45, 7) is 8.97. The molecule has 0 spiro atoms. The van der Waals surface area contributed by atoms with Crippen molar-refractivity contribution in [2.75, 3.05) is 25.0 Å². The van der Waals surface area contributed by atoms with Gasteiger partial charge in [-0.2, -0.15) is 0 Å². The Hall–Kier alpha value is -1.02. The molecule has 0 bridgehead atoms. The van der Waals surface area contributed by atoms with Crippen LogP contribution in [0.4, 0.5) is 5.69 Å². The summed E-state index contributed by atoms with van der Waals surface area (Å²) in [5, 5.41) is 3.60. The van der Waals surface area contributed by atoms with E-state index < -0.39 is 0 Å². The summed E-state index contributed by atoms with van der Waals surface area (Å²) in [6.07, 6.45) is 1.31. The van der Waals surface area contributed by atoms with E-state index in [1.54, 1.807) is 0 Å². The fraction of sp³-hybridized carbons (Fsp3) is 0.600. The molecule has 0 aromatic heterocycles. The molecule has 1 aliphatic heterocycles. The van der Waals surface area contributed by atoms with Crippen LogP contribution in [0.5, 0.6) is 0 Å². The zero-order valence-corrected chi connectivity index (χ0v) is 11.5. The number of aryl methyl sites for hydroxylation is 2. The molecule has 2 unspecified atom stereocenters. The first kappa shape index (κ1) is 12.4. The highest BCUT2D eigenvalue weighted by molar-refractivity contribution is 5.53. The van der Waals surface area contributed by atoms with Crippen molar-refractivity contribution in [2.24, 2.45) is 5.92 Å². The van der Waals surface area contributed by atoms with Gasteiger partial charge in [-0.1, -0.05) is 24.6 Å². The van der Waals surface area contributed by atoms with Gasteiger partial charge in [0.05, 0.1) is 0 Å². The standard InChI is InChI=1S/C15H24N2/c1-11-5-6-15(13(3)9-11)17(4)10-14-12(2)7-8-16-14/h5-6,9,12,14,16H,7-8,10H2,1-4H3. The van der Waals surface area contributed by atoms with Crippen molar-refractivity contribution < 1.29 is 0 Å². The molecule has 0 aliphatic carbocycles. The molecule has 1 saturated heterocycles. The number of benzene rings is 1. The maximum absolute atomic E-state index is 3.60. The molecule has 2 rings (SSSR count). The Morgan fingerprint density at radius 3 is 2.71 bits per heavy atom. The van der Waals surface area contributed by atoms with E-state index in [4.69, 9.17) is 0 Å². The highest BCUT2D eigenvalue weighted by Gasteiger charge is 2.24. The highest BCUT2D eigenvalue weighted by atomic mass is 15.1. The molecular weight excluding hydrogens is 208 g/mol. The molecule has 0 radical (unpaired) electrons. The Morgan fingerprint density at radius 2 is 2.12 bits per heavy atom. The minimum absolute atomic E-state index is 0.640. The third-order valence-corrected chi connectivity index (χ3v) is 3.93. The monoisotopic (exact) mass is 232 g/mol. The van der Waals surface area contributed by atoms with Crippen LogP contribution in [0.3, 0.4) is 0 Å². The zero-order chi connectivity index (χ0) is 12.4. The molecule has 2 heteroatoms. The van der Waals surface area contributed by atoms with Crippen molar-refractivity contribution in [1.82, 2.24) is 5.32 Å². The van der Waals surface area contributed by atoms with Gasteiger partial charge in [-0.15, -0.1) is 0 Å². The van der Waals surface area contributed by atoms with Crippen molar-refractivity contribution >= 4 is 5.69 Å². The number of nitrogens with zero attached hydrogens (tertiary/aromatic N) is 1. The summed E-state index contributed by atoms with van der Waals surface area (Å²) >= 11 is 0. The number of nitrogens with one attached hydrogen (secondary N) is 1. The lowest BCUT2D eigenvalue weighted by Crippen LogP contribution is -2.38. The number of anilines is 1. The first-order valence-corrected chi connectivity index (χ1v) is 6.59. The van der Waals surface area contributed by atoms with E-state index in [9.17, 15) is 0 Å². The van der Waals surface area contributed by atoms with Gasteiger partial charge in [0.25, 0.3) is 0 Å². The molecule has 1 aromatic rings. The Morgan fingerprint density at radius 1 is 1.35 bits per heavy atom. The van der Waals surface area contributed by atoms with Crippen LogP contribution in [-0.2, 0) is 0 Å². The van der Waals surface area contributed by atoms with Crippen LogP contribution in [0.1, 0.15) is 24.5 Å². The molecule has 1 fully saturated rings. The van der Waals surface area contributed by atoms with Crippen LogP contribution in [0.25, 0.3) is 0 Å². The predicted molar refractivity (Wildman–Crippen MR) is 74.8 cm³/mol. The molecule has 1 aromatic carbocycles. The number of hydrogen-bond acceptors (Lipinski definition) is 2. The lowest BCUT2D eigenvalue weighted by atomic mass is 10.0. The molecule has 2 atom stereocenters. The minimum atomic E-state index is 0.640. The fourth-order valence-electron chi connectivity index (χ4n) is 2.77. The first-order valence-electron chi connectivity index (χ1n) is 6.59. The lowest BCUT2D eigenvalue weighted by Gasteiger charge is -2.27. The number of likely N-dealkylation sites (N-methyl/N-ethyl adjacent to an activating group) is 1. The topological polar surface area (TPSA) is 15.3 Å². The molecule has 1 N–H and O–H groups in total. The predicted octanol–water partition coefficient (Wildman–Crippen LogP) is 2.74. The summed E-state index contributed by atoms with van der Waals surface area (Å²) in [5.74, 6) is 0.795. The van der Waals surface area contributed by atoms with Gasteiger partial charge >= 0.3 is 0 Å². The highest BCUT2D eigenvalue weighted by Crippen LogP contribution is 2.22. The van der Waals surface area contributed by atoms with Crippen LogP contribution in [0.15, 0.2) is 18.2 Å². The minimum Gasteiger partial charge on any atom is -0.373 e. The Labute approximate surface area is 105 Å². The Bertz CT molecular complexity index is 387. The van der Waals surface area contributed by atoms with E-state index >= 15 is 0 Å². The zero-order valence-electron chi connectivity index (χ0n) is 11.5. The van der Waals surface area contributed by atoms with Gasteiger partial charge in [0.15, 0.2) is 0 Å². The second kappa shape index (κ2) is 5.09. The molecule has 94 valence electrons. The smallest absolute Gasteiger partial charge is 0.0394 e. The Kier molecular flexibility index (Phi) is 3.72. The second-order valence-corrected chi connectivity index (χ2v) is 5.50. The molecule has 0 saturated carbocycles. The molecule has 1 heterocycles. The lowest BCUT2D eigenvalue weighted by molar-refractivity contribution is 0.483. The number of rotatable bonds is 3. The average Bonchev–Trinajstić information content (AvgIpc) is 2.64. The SMILES string of the molecule is Cc1ccc(N(C)CC2NCCC2C)c(C)c1. The van der Waals surface area contributed by atoms with Gasteiger partial charge < -0.3 is 10.2 Å². The average molecular weight is 232 g/mol. The number of hydrogen-bond donors (Lipinski definition) is 1. The van der Waals surface area contributed by atoms with E-state index in [0.29, 0.717) is 6.04 Å². The van der Waals surface area contributed by atoms with E-state index in [1.807, 2.05) is 0 Å². The molecule has 2 nitrogen and oxygen atoms in total. The van der Waals surface area contributed by atoms with Crippen LogP contribution in [0.2, 0.25) is 0 Å². The van der Waals surface area contributed by atoms with E-state index in [2.05, 4.69) is 56.2 Å². The fourth-order valence-corrected chi connectivity index (χ4v) is 2.77. The van der Waals surface area contributed by atoms with Crippen molar-refractivity contribution in [3.05, 3.63) is 29.3 Å². The van der Waals surface area contributed by atoms with Crippen LogP contribution < -0.4 is 10.2 Å². The quantitative estimate of drug-likeness (QED) is 0.862. The second-order valence-electron chi connectivity index (χ2n) is 5.50. The van der Waals surface area contributed by atoms with Gasteiger partial charge in [-0.3, -0.25) is 0 Å². The van der Waals surface area contributed by atoms with Gasteiger partial charge in [-0.25, -0.2) is 0 Å². The van der Waals surface area contributed by atoms with Crippen molar-refractivity contribution in [3.8, 4) is 0 Å². The third kappa shape index (κ3) is 2.81. The van der Waals surface area contributed by atoms with Crippen molar-refractivity contribution in [1.29, 1.82) is 0 Å². The molecule has 17 heavy (non-hydrogen) atoms. The van der Waals surface area contributed by atoms with Gasteiger partial charge in [0.1, 0.15) is 0 Å². The summed E-state index contributed by atoms with van der Waals surface area (Å²) < 4.78 is 0. The molecule has 0 amide bonds. The van der Waals surface area contributed by atoms with Gasteiger partial charge in [0.2, 0.25) is 0 Å². The summed E-state index contributed by atoms with van der Waals surface area (Å²) in [4.78, 5) is 2.38. The van der Waals surface area contributed by atoms with Crippen LogP contribution in [0, 0.1) is 19.8 Å². The summed E-state index contributed by atoms with van der Waals surface area (Å²) in [6, 6.07) is 7.34. The summed E-state index contributed by atoms with van der Waals surface area (Å²) in [7, 11) is 2.20. The van der Waals surface area contributed by atoms with Gasteiger partial charge in [-0.05, 0) is 44.4 Å². The van der Waals surface area contributed by atoms with Crippen molar-refractivity contribution in [2.45, 2.75) is 33.2 Å². The van der Waals surface area contributed by atoms with E-state index in [0.717, 1.165) is 12.5 Å². The van der Waals surface area contributed by atoms with Crippen LogP contribution >= 0.6 is 0 Å². The normalized spacial score (nSPS) is 24.0. The van der Waals surface area contributed by atoms with E-state index in [-0.39, 0.29) is 0 Å². The van der Waals surface area contributed by atoms with E-state index in [1.165, 1.54) is 29.8 Å². The molecule has 1 aliphatic rings. The summed E-state index contributed by atoms with van der Waals surface area (Å²) in [5.41, 5.74) is 4.07. The Balaban J connectivity index is 2.06. The third-order valence-electron chi connectivity index (χ3n) is 3.93. The maximum atomic E-state index is 3.60. The first-order chi connectivity index (χ1) is 8.08.